The molecule has 2 heteroatoms. The molecule has 0 saturated heterocycles. The summed E-state index contributed by atoms with van der Waals surface area (Å²) >= 11 is 0. The Labute approximate surface area is 96.9 Å². The standard InChI is InChI=1S/C14H18O2/c1-4-12(5-2)11(3)14(15)16-13-9-7-6-8-10-13/h6-10H,4-5H2,1-3H3. The largest absolute Gasteiger partial charge is 0.423 e. The molecule has 1 aromatic rings. The van der Waals surface area contributed by atoms with E-state index in [2.05, 4.69) is 13.8 Å². The maximum atomic E-state index is 11.8. The van der Waals surface area contributed by atoms with E-state index in [0.717, 1.165) is 24.0 Å². The minimum atomic E-state index is -0.245. The van der Waals surface area contributed by atoms with E-state index >= 15 is 0 Å². The van der Waals surface area contributed by atoms with Crippen molar-refractivity contribution in [2.24, 2.45) is 0 Å². The van der Waals surface area contributed by atoms with Gasteiger partial charge in [0.2, 0.25) is 0 Å². The first-order chi connectivity index (χ1) is 7.69. The lowest BCUT2D eigenvalue weighted by Gasteiger charge is -2.08. The molecule has 1 aromatic carbocycles. The second-order valence-corrected chi connectivity index (χ2v) is 3.64. The molecule has 0 aliphatic heterocycles. The van der Waals surface area contributed by atoms with Gasteiger partial charge in [0.1, 0.15) is 5.75 Å². The molecule has 0 spiro atoms. The third kappa shape index (κ3) is 3.23. The molecule has 2 nitrogen and oxygen atoms in total. The summed E-state index contributed by atoms with van der Waals surface area (Å²) in [5.74, 6) is 0.350. The van der Waals surface area contributed by atoms with E-state index in [9.17, 15) is 4.79 Å². The third-order valence-corrected chi connectivity index (χ3v) is 2.64. The van der Waals surface area contributed by atoms with Crippen LogP contribution in [-0.2, 0) is 4.79 Å². The van der Waals surface area contributed by atoms with Gasteiger partial charge < -0.3 is 4.74 Å². The fourth-order valence-electron chi connectivity index (χ4n) is 1.60. The van der Waals surface area contributed by atoms with Crippen molar-refractivity contribution in [1.82, 2.24) is 0 Å². The quantitative estimate of drug-likeness (QED) is 0.437. The summed E-state index contributed by atoms with van der Waals surface area (Å²) in [5.41, 5.74) is 1.88. The molecule has 0 radical (unpaired) electrons. The van der Waals surface area contributed by atoms with Crippen LogP contribution in [0.2, 0.25) is 0 Å². The number of carbonyl (C=O) groups is 1. The second-order valence-electron chi connectivity index (χ2n) is 3.64. The van der Waals surface area contributed by atoms with Gasteiger partial charge in [-0.1, -0.05) is 37.6 Å². The van der Waals surface area contributed by atoms with Gasteiger partial charge in [-0.15, -0.1) is 0 Å². The zero-order valence-corrected chi connectivity index (χ0v) is 10.1. The van der Waals surface area contributed by atoms with E-state index in [4.69, 9.17) is 4.74 Å². The van der Waals surface area contributed by atoms with Crippen LogP contribution in [-0.4, -0.2) is 5.97 Å². The zero-order chi connectivity index (χ0) is 12.0. The minimum Gasteiger partial charge on any atom is -0.423 e. The van der Waals surface area contributed by atoms with Crippen LogP contribution in [0.1, 0.15) is 33.6 Å². The number of benzene rings is 1. The van der Waals surface area contributed by atoms with Crippen molar-refractivity contribution in [3.8, 4) is 5.75 Å². The van der Waals surface area contributed by atoms with Crippen LogP contribution in [0.3, 0.4) is 0 Å². The van der Waals surface area contributed by atoms with Crippen LogP contribution in [0.4, 0.5) is 0 Å². The van der Waals surface area contributed by atoms with Gasteiger partial charge in [0.25, 0.3) is 0 Å². The Balaban J connectivity index is 2.77. The zero-order valence-electron chi connectivity index (χ0n) is 10.1. The molecule has 0 unspecified atom stereocenters. The number of rotatable bonds is 4. The monoisotopic (exact) mass is 218 g/mol. The highest BCUT2D eigenvalue weighted by Crippen LogP contribution is 2.16. The first kappa shape index (κ1) is 12.5. The Bertz CT molecular complexity index is 371. The summed E-state index contributed by atoms with van der Waals surface area (Å²) in [6.07, 6.45) is 1.79. The van der Waals surface area contributed by atoms with Crippen molar-refractivity contribution in [2.75, 3.05) is 0 Å². The third-order valence-electron chi connectivity index (χ3n) is 2.64. The first-order valence-electron chi connectivity index (χ1n) is 5.64. The summed E-state index contributed by atoms with van der Waals surface area (Å²) in [6, 6.07) is 9.15. The molecule has 0 heterocycles. The van der Waals surface area contributed by atoms with E-state index in [-0.39, 0.29) is 5.97 Å². The van der Waals surface area contributed by atoms with E-state index in [0.29, 0.717) is 5.75 Å². The lowest BCUT2D eigenvalue weighted by atomic mass is 10.1. The van der Waals surface area contributed by atoms with E-state index in [1.807, 2.05) is 25.1 Å². The van der Waals surface area contributed by atoms with E-state index in [1.165, 1.54) is 0 Å². The minimum absolute atomic E-state index is 0.245. The lowest BCUT2D eigenvalue weighted by Crippen LogP contribution is -2.11. The molecular weight excluding hydrogens is 200 g/mol. The van der Waals surface area contributed by atoms with Crippen molar-refractivity contribution in [2.45, 2.75) is 33.6 Å². The molecule has 0 fully saturated rings. The highest BCUT2D eigenvalue weighted by molar-refractivity contribution is 5.90. The summed E-state index contributed by atoms with van der Waals surface area (Å²) < 4.78 is 5.26. The molecule has 0 N–H and O–H groups in total. The summed E-state index contributed by atoms with van der Waals surface area (Å²) in [7, 11) is 0. The molecule has 16 heavy (non-hydrogen) atoms. The summed E-state index contributed by atoms with van der Waals surface area (Å²) in [4.78, 5) is 11.8. The molecule has 0 bridgehead atoms. The van der Waals surface area contributed by atoms with Crippen molar-refractivity contribution in [3.63, 3.8) is 0 Å². The number of allylic oxidation sites excluding steroid dienone is 1. The average Bonchev–Trinajstić information content (AvgIpc) is 2.31. The van der Waals surface area contributed by atoms with Crippen LogP contribution in [0, 0.1) is 0 Å². The van der Waals surface area contributed by atoms with Crippen LogP contribution in [0.15, 0.2) is 41.5 Å². The average molecular weight is 218 g/mol. The highest BCUT2D eigenvalue weighted by Gasteiger charge is 2.10. The van der Waals surface area contributed by atoms with Crippen molar-refractivity contribution in [3.05, 3.63) is 41.5 Å². The predicted octanol–water partition coefficient (Wildman–Crippen LogP) is 3.73. The molecule has 0 aliphatic carbocycles. The topological polar surface area (TPSA) is 26.3 Å². The molecule has 86 valence electrons. The highest BCUT2D eigenvalue weighted by atomic mass is 16.5. The first-order valence-corrected chi connectivity index (χ1v) is 5.64. The summed E-state index contributed by atoms with van der Waals surface area (Å²) in [6.45, 7) is 5.93. The second kappa shape index (κ2) is 6.11. The molecule has 0 aromatic heterocycles. The predicted molar refractivity (Wildman–Crippen MR) is 65.4 cm³/mol. The SMILES string of the molecule is CCC(CC)=C(C)C(=O)Oc1ccccc1. The summed E-state index contributed by atoms with van der Waals surface area (Å²) in [5, 5.41) is 0. The van der Waals surface area contributed by atoms with Gasteiger partial charge >= 0.3 is 5.97 Å². The number of para-hydroxylation sites is 1. The van der Waals surface area contributed by atoms with Crippen LogP contribution < -0.4 is 4.74 Å². The molecule has 0 saturated carbocycles. The van der Waals surface area contributed by atoms with E-state index in [1.54, 1.807) is 12.1 Å². The molecule has 0 atom stereocenters. The maximum Gasteiger partial charge on any atom is 0.339 e. The van der Waals surface area contributed by atoms with E-state index < -0.39 is 0 Å². The van der Waals surface area contributed by atoms with Crippen molar-refractivity contribution in [1.29, 1.82) is 0 Å². The molecule has 0 amide bonds. The lowest BCUT2D eigenvalue weighted by molar-refractivity contribution is -0.130. The van der Waals surface area contributed by atoms with Gasteiger partial charge in [0.05, 0.1) is 0 Å². The fraction of sp³-hybridized carbons (Fsp3) is 0.357. The Hall–Kier alpha value is -1.57. The van der Waals surface area contributed by atoms with Gasteiger partial charge in [-0.25, -0.2) is 4.79 Å². The number of hydrogen-bond donors (Lipinski definition) is 0. The van der Waals surface area contributed by atoms with Crippen molar-refractivity contribution < 1.29 is 9.53 Å². The molecular formula is C14H18O2. The number of hydrogen-bond acceptors (Lipinski definition) is 2. The van der Waals surface area contributed by atoms with Crippen LogP contribution >= 0.6 is 0 Å². The Morgan fingerprint density at radius 3 is 2.19 bits per heavy atom. The maximum absolute atomic E-state index is 11.8. The normalized spacial score (nSPS) is 9.69. The number of carbonyl (C=O) groups excluding carboxylic acids is 1. The van der Waals surface area contributed by atoms with Gasteiger partial charge in [-0.05, 0) is 31.9 Å². The van der Waals surface area contributed by atoms with Gasteiger partial charge in [-0.2, -0.15) is 0 Å². The smallest absolute Gasteiger partial charge is 0.339 e. The van der Waals surface area contributed by atoms with Crippen molar-refractivity contribution >= 4 is 5.97 Å². The Morgan fingerprint density at radius 1 is 1.12 bits per heavy atom. The van der Waals surface area contributed by atoms with Crippen LogP contribution in [0.25, 0.3) is 0 Å². The van der Waals surface area contributed by atoms with Gasteiger partial charge in [-0.3, -0.25) is 0 Å². The van der Waals surface area contributed by atoms with Gasteiger partial charge in [0.15, 0.2) is 0 Å². The number of ether oxygens (including phenoxy) is 1. The fourth-order valence-corrected chi connectivity index (χ4v) is 1.60. The molecule has 0 aliphatic rings. The Kier molecular flexibility index (Phi) is 4.77. The number of esters is 1. The molecule has 1 rings (SSSR count). The van der Waals surface area contributed by atoms with Gasteiger partial charge in [0, 0.05) is 5.57 Å². The Morgan fingerprint density at radius 2 is 1.69 bits per heavy atom. The van der Waals surface area contributed by atoms with Crippen LogP contribution in [0.5, 0.6) is 5.75 Å².